The normalized spacial score (nSPS) is 29.5. The van der Waals surface area contributed by atoms with E-state index >= 15 is 0 Å². The SMILES string of the molecule is CCCCCCCCC1CC2OC2CC1CCCCCCCC. The van der Waals surface area contributed by atoms with Gasteiger partial charge in [-0.1, -0.05) is 104 Å². The average molecular weight is 323 g/mol. The van der Waals surface area contributed by atoms with Crippen LogP contribution in [-0.4, -0.2) is 12.2 Å². The molecule has 0 aromatic carbocycles. The van der Waals surface area contributed by atoms with E-state index in [1.807, 2.05) is 0 Å². The van der Waals surface area contributed by atoms with Crippen LogP contribution in [0.3, 0.4) is 0 Å². The Hall–Kier alpha value is -0.0400. The van der Waals surface area contributed by atoms with Crippen LogP contribution in [0.5, 0.6) is 0 Å². The molecule has 1 aliphatic heterocycles. The molecule has 23 heavy (non-hydrogen) atoms. The summed E-state index contributed by atoms with van der Waals surface area (Å²) in [5.41, 5.74) is 0. The van der Waals surface area contributed by atoms with Crippen LogP contribution in [0.25, 0.3) is 0 Å². The van der Waals surface area contributed by atoms with Gasteiger partial charge >= 0.3 is 0 Å². The molecule has 2 aliphatic rings. The van der Waals surface area contributed by atoms with Crippen LogP contribution in [0.15, 0.2) is 0 Å². The molecule has 1 saturated carbocycles. The maximum Gasteiger partial charge on any atom is 0.0844 e. The van der Waals surface area contributed by atoms with Crippen LogP contribution in [0.1, 0.15) is 117 Å². The fourth-order valence-corrected chi connectivity index (χ4v) is 4.66. The van der Waals surface area contributed by atoms with Gasteiger partial charge in [-0.25, -0.2) is 0 Å². The molecule has 0 bridgehead atoms. The monoisotopic (exact) mass is 322 g/mol. The van der Waals surface area contributed by atoms with E-state index in [-0.39, 0.29) is 0 Å². The van der Waals surface area contributed by atoms with E-state index in [1.54, 1.807) is 0 Å². The van der Waals surface area contributed by atoms with Crippen molar-refractivity contribution in [3.05, 3.63) is 0 Å². The number of rotatable bonds is 14. The summed E-state index contributed by atoms with van der Waals surface area (Å²) >= 11 is 0. The average Bonchev–Trinajstić information content (AvgIpc) is 3.32. The summed E-state index contributed by atoms with van der Waals surface area (Å²) in [5.74, 6) is 1.97. The molecule has 1 heterocycles. The van der Waals surface area contributed by atoms with Gasteiger partial charge in [-0.15, -0.1) is 0 Å². The lowest BCUT2D eigenvalue weighted by atomic mass is 9.74. The van der Waals surface area contributed by atoms with Gasteiger partial charge < -0.3 is 4.74 Å². The number of unbranched alkanes of at least 4 members (excludes halogenated alkanes) is 10. The first-order chi connectivity index (χ1) is 11.3. The summed E-state index contributed by atoms with van der Waals surface area (Å²) in [6.45, 7) is 4.61. The maximum atomic E-state index is 5.86. The lowest BCUT2D eigenvalue weighted by molar-refractivity contribution is 0.224. The van der Waals surface area contributed by atoms with E-state index in [4.69, 9.17) is 4.74 Å². The van der Waals surface area contributed by atoms with Crippen molar-refractivity contribution in [2.24, 2.45) is 11.8 Å². The topological polar surface area (TPSA) is 12.5 Å². The Labute approximate surface area is 146 Å². The van der Waals surface area contributed by atoms with E-state index in [0.29, 0.717) is 12.2 Å². The van der Waals surface area contributed by atoms with Crippen molar-refractivity contribution in [3.8, 4) is 0 Å². The Balaban J connectivity index is 1.56. The largest absolute Gasteiger partial charge is 0.370 e. The molecule has 136 valence electrons. The molecular formula is C22H42O. The molecule has 2 rings (SSSR count). The number of hydrogen-bond donors (Lipinski definition) is 0. The second-order valence-electron chi connectivity index (χ2n) is 8.32. The Bertz CT molecular complexity index is 260. The van der Waals surface area contributed by atoms with Crippen molar-refractivity contribution < 1.29 is 4.74 Å². The summed E-state index contributed by atoms with van der Waals surface area (Å²) < 4.78 is 5.86. The molecule has 2 fully saturated rings. The highest BCUT2D eigenvalue weighted by molar-refractivity contribution is 4.95. The minimum Gasteiger partial charge on any atom is -0.370 e. The molecule has 0 N–H and O–H groups in total. The number of fused-ring (bicyclic) bond motifs is 1. The van der Waals surface area contributed by atoms with Crippen molar-refractivity contribution in [1.29, 1.82) is 0 Å². The molecule has 0 radical (unpaired) electrons. The smallest absolute Gasteiger partial charge is 0.0844 e. The fourth-order valence-electron chi connectivity index (χ4n) is 4.66. The standard InChI is InChI=1S/C22H42O/c1-3-5-7-9-11-13-15-19-17-21-22(23-21)18-20(19)16-14-12-10-8-6-4-2/h19-22H,3-18H2,1-2H3. The third-order valence-electron chi connectivity index (χ3n) is 6.28. The first-order valence-corrected chi connectivity index (χ1v) is 11.0. The Morgan fingerprint density at radius 1 is 0.565 bits per heavy atom. The summed E-state index contributed by atoms with van der Waals surface area (Å²) in [6, 6.07) is 0. The zero-order valence-corrected chi connectivity index (χ0v) is 16.0. The quantitative estimate of drug-likeness (QED) is 0.242. The predicted molar refractivity (Wildman–Crippen MR) is 101 cm³/mol. The second kappa shape index (κ2) is 11.5. The van der Waals surface area contributed by atoms with Gasteiger partial charge in [-0.3, -0.25) is 0 Å². The minimum absolute atomic E-state index is 0.667. The molecule has 1 heteroatoms. The fraction of sp³-hybridized carbons (Fsp3) is 1.00. The van der Waals surface area contributed by atoms with Crippen molar-refractivity contribution in [3.63, 3.8) is 0 Å². The second-order valence-corrected chi connectivity index (χ2v) is 8.32. The van der Waals surface area contributed by atoms with E-state index < -0.39 is 0 Å². The molecule has 0 spiro atoms. The molecule has 4 unspecified atom stereocenters. The Morgan fingerprint density at radius 2 is 0.957 bits per heavy atom. The van der Waals surface area contributed by atoms with Gasteiger partial charge in [0.15, 0.2) is 0 Å². The lowest BCUT2D eigenvalue weighted by Gasteiger charge is -2.29. The van der Waals surface area contributed by atoms with E-state index in [1.165, 1.54) is 103 Å². The zero-order chi connectivity index (χ0) is 16.3. The van der Waals surface area contributed by atoms with E-state index in [2.05, 4.69) is 13.8 Å². The molecule has 1 nitrogen and oxygen atoms in total. The first kappa shape index (κ1) is 19.3. The summed E-state index contributed by atoms with van der Waals surface area (Å²) in [6.07, 6.45) is 24.4. The zero-order valence-electron chi connectivity index (χ0n) is 16.0. The predicted octanol–water partition coefficient (Wildman–Crippen LogP) is 7.28. The van der Waals surface area contributed by atoms with Crippen LogP contribution in [-0.2, 0) is 4.74 Å². The van der Waals surface area contributed by atoms with Crippen LogP contribution >= 0.6 is 0 Å². The van der Waals surface area contributed by atoms with Crippen molar-refractivity contribution in [2.75, 3.05) is 0 Å². The molecule has 1 saturated heterocycles. The molecular weight excluding hydrogens is 280 g/mol. The summed E-state index contributed by atoms with van der Waals surface area (Å²) in [5, 5.41) is 0. The Morgan fingerprint density at radius 3 is 1.39 bits per heavy atom. The molecule has 0 amide bonds. The first-order valence-electron chi connectivity index (χ1n) is 11.0. The maximum absolute atomic E-state index is 5.86. The highest BCUT2D eigenvalue weighted by Gasteiger charge is 2.47. The third-order valence-corrected chi connectivity index (χ3v) is 6.28. The third kappa shape index (κ3) is 7.59. The molecule has 4 atom stereocenters. The number of epoxide rings is 1. The van der Waals surface area contributed by atoms with Gasteiger partial charge in [0.1, 0.15) is 0 Å². The number of hydrogen-bond acceptors (Lipinski definition) is 1. The Kier molecular flexibility index (Phi) is 9.65. The van der Waals surface area contributed by atoms with Gasteiger partial charge in [-0.2, -0.15) is 0 Å². The van der Waals surface area contributed by atoms with Crippen molar-refractivity contribution >= 4 is 0 Å². The highest BCUT2D eigenvalue weighted by atomic mass is 16.6. The van der Waals surface area contributed by atoms with Crippen molar-refractivity contribution in [1.82, 2.24) is 0 Å². The van der Waals surface area contributed by atoms with Gasteiger partial charge in [-0.05, 0) is 24.7 Å². The van der Waals surface area contributed by atoms with Gasteiger partial charge in [0.2, 0.25) is 0 Å². The summed E-state index contributed by atoms with van der Waals surface area (Å²) in [4.78, 5) is 0. The van der Waals surface area contributed by atoms with Gasteiger partial charge in [0.25, 0.3) is 0 Å². The minimum atomic E-state index is 0.667. The molecule has 0 aromatic rings. The van der Waals surface area contributed by atoms with Crippen LogP contribution in [0.4, 0.5) is 0 Å². The van der Waals surface area contributed by atoms with Crippen LogP contribution < -0.4 is 0 Å². The summed E-state index contributed by atoms with van der Waals surface area (Å²) in [7, 11) is 0. The van der Waals surface area contributed by atoms with E-state index in [0.717, 1.165) is 11.8 Å². The van der Waals surface area contributed by atoms with Crippen LogP contribution in [0.2, 0.25) is 0 Å². The van der Waals surface area contributed by atoms with Gasteiger partial charge in [0.05, 0.1) is 12.2 Å². The molecule has 0 aromatic heterocycles. The molecule has 1 aliphatic carbocycles. The number of ether oxygens (including phenoxy) is 1. The van der Waals surface area contributed by atoms with Gasteiger partial charge in [0, 0.05) is 0 Å². The highest BCUT2D eigenvalue weighted by Crippen LogP contribution is 2.46. The lowest BCUT2D eigenvalue weighted by Crippen LogP contribution is -2.24. The van der Waals surface area contributed by atoms with E-state index in [9.17, 15) is 0 Å². The van der Waals surface area contributed by atoms with Crippen molar-refractivity contribution in [2.45, 2.75) is 129 Å². The van der Waals surface area contributed by atoms with Crippen LogP contribution in [0, 0.1) is 11.8 Å².